The fraction of sp³-hybridized carbons (Fsp3) is 0.269. The molecule has 2 amide bonds. The van der Waals surface area contributed by atoms with Crippen LogP contribution in [0.4, 0.5) is 4.79 Å². The van der Waals surface area contributed by atoms with Gasteiger partial charge in [-0.1, -0.05) is 11.6 Å². The van der Waals surface area contributed by atoms with Gasteiger partial charge in [0.1, 0.15) is 27.9 Å². The van der Waals surface area contributed by atoms with Crippen molar-refractivity contribution in [1.82, 2.24) is 34.6 Å². The number of ether oxygens (including phenoxy) is 1. The van der Waals surface area contributed by atoms with Crippen molar-refractivity contribution in [2.45, 2.75) is 26.3 Å². The van der Waals surface area contributed by atoms with Gasteiger partial charge in [0.05, 0.1) is 34.6 Å². The van der Waals surface area contributed by atoms with Gasteiger partial charge in [-0.05, 0) is 49.9 Å². The van der Waals surface area contributed by atoms with Gasteiger partial charge in [-0.3, -0.25) is 9.67 Å². The highest BCUT2D eigenvalue weighted by atomic mass is 35.5. The first-order valence-corrected chi connectivity index (χ1v) is 12.5. The predicted molar refractivity (Wildman–Crippen MR) is 141 cm³/mol. The second kappa shape index (κ2) is 9.36. The number of likely N-dealkylation sites (tertiary alicyclic amines) is 1. The Morgan fingerprint density at radius 3 is 2.78 bits per heavy atom. The number of rotatable bonds is 5. The number of nitrogens with one attached hydrogen (secondary N) is 1. The highest BCUT2D eigenvalue weighted by molar-refractivity contribution is 6.36. The van der Waals surface area contributed by atoms with E-state index in [1.807, 2.05) is 42.1 Å². The van der Waals surface area contributed by atoms with Crippen LogP contribution in [-0.2, 0) is 6.54 Å². The maximum Gasteiger partial charge on any atom is 0.314 e. The highest BCUT2D eigenvalue weighted by Gasteiger charge is 2.22. The summed E-state index contributed by atoms with van der Waals surface area (Å²) in [6, 6.07) is 8.94. The fourth-order valence-electron chi connectivity index (χ4n) is 4.75. The van der Waals surface area contributed by atoms with Crippen LogP contribution in [0.3, 0.4) is 0 Å². The molecule has 0 bridgehead atoms. The van der Waals surface area contributed by atoms with Gasteiger partial charge in [0.2, 0.25) is 0 Å². The van der Waals surface area contributed by atoms with E-state index in [9.17, 15) is 4.79 Å². The molecule has 4 heterocycles. The second-order valence-corrected chi connectivity index (χ2v) is 9.70. The number of aromatic nitrogens is 6. The molecule has 1 fully saturated rings. The van der Waals surface area contributed by atoms with Crippen molar-refractivity contribution in [2.75, 3.05) is 13.1 Å². The number of H-pyrrole nitrogens is 1. The molecule has 1 aliphatic rings. The Morgan fingerprint density at radius 1 is 1.16 bits per heavy atom. The number of halogens is 1. The van der Waals surface area contributed by atoms with Crippen LogP contribution in [0.5, 0.6) is 11.5 Å². The second-order valence-electron chi connectivity index (χ2n) is 9.32. The summed E-state index contributed by atoms with van der Waals surface area (Å²) >= 11 is 6.74. The number of piperidine rings is 1. The number of hydrogen-bond donors (Lipinski definition) is 2. The third kappa shape index (κ3) is 4.67. The molecule has 0 radical (unpaired) electrons. The van der Waals surface area contributed by atoms with Gasteiger partial charge in [0.15, 0.2) is 0 Å². The summed E-state index contributed by atoms with van der Waals surface area (Å²) in [5, 5.41) is 4.91. The molecule has 0 aliphatic carbocycles. The number of aromatic amines is 1. The Labute approximate surface area is 217 Å². The SMILES string of the molecule is Cc1nc2ccc(Oc3ccc4ncc(-c5cnn(CC6CCN(C(N)=O)CC6)c5)nc4c3Cl)cc2[nH]1. The van der Waals surface area contributed by atoms with Crippen molar-refractivity contribution in [2.24, 2.45) is 11.7 Å². The minimum absolute atomic E-state index is 0.351. The Morgan fingerprint density at radius 2 is 1.97 bits per heavy atom. The van der Waals surface area contributed by atoms with E-state index in [0.29, 0.717) is 52.3 Å². The Balaban J connectivity index is 1.22. The van der Waals surface area contributed by atoms with Gasteiger partial charge in [0.25, 0.3) is 0 Å². The van der Waals surface area contributed by atoms with Crippen molar-refractivity contribution in [3.63, 3.8) is 0 Å². The molecule has 0 saturated carbocycles. The number of nitrogens with zero attached hydrogens (tertiary/aromatic N) is 6. The van der Waals surface area contributed by atoms with Crippen LogP contribution in [-0.4, -0.2) is 53.7 Å². The predicted octanol–water partition coefficient (Wildman–Crippen LogP) is 4.91. The highest BCUT2D eigenvalue weighted by Crippen LogP contribution is 2.35. The van der Waals surface area contributed by atoms with E-state index < -0.39 is 0 Å². The average molecular weight is 517 g/mol. The third-order valence-electron chi connectivity index (χ3n) is 6.72. The van der Waals surface area contributed by atoms with Crippen LogP contribution in [0.25, 0.3) is 33.3 Å². The van der Waals surface area contributed by atoms with E-state index in [-0.39, 0.29) is 6.03 Å². The van der Waals surface area contributed by atoms with E-state index in [4.69, 9.17) is 27.1 Å². The number of primary amides is 1. The minimum atomic E-state index is -0.351. The van der Waals surface area contributed by atoms with E-state index in [2.05, 4.69) is 20.1 Å². The molecule has 37 heavy (non-hydrogen) atoms. The van der Waals surface area contributed by atoms with Gasteiger partial charge in [-0.2, -0.15) is 5.10 Å². The summed E-state index contributed by atoms with van der Waals surface area (Å²) in [7, 11) is 0. The minimum Gasteiger partial charge on any atom is -0.456 e. The van der Waals surface area contributed by atoms with Crippen LogP contribution in [0.15, 0.2) is 48.9 Å². The topological polar surface area (TPSA) is 128 Å². The summed E-state index contributed by atoms with van der Waals surface area (Å²) in [6.07, 6.45) is 7.27. The average Bonchev–Trinajstić information content (AvgIpc) is 3.51. The number of nitrogens with two attached hydrogens (primary N) is 1. The monoisotopic (exact) mass is 516 g/mol. The van der Waals surface area contributed by atoms with Crippen LogP contribution in [0.1, 0.15) is 18.7 Å². The van der Waals surface area contributed by atoms with Gasteiger partial charge in [-0.15, -0.1) is 0 Å². The fourth-order valence-corrected chi connectivity index (χ4v) is 4.99. The zero-order chi connectivity index (χ0) is 25.5. The molecule has 2 aromatic carbocycles. The number of carbonyl (C=O) groups excluding carboxylic acids is 1. The summed E-state index contributed by atoms with van der Waals surface area (Å²) < 4.78 is 8.01. The number of carbonyl (C=O) groups is 1. The zero-order valence-corrected chi connectivity index (χ0v) is 20.9. The summed E-state index contributed by atoms with van der Waals surface area (Å²) in [5.74, 6) is 2.42. The van der Waals surface area contributed by atoms with E-state index in [1.54, 1.807) is 23.4 Å². The van der Waals surface area contributed by atoms with Crippen LogP contribution in [0, 0.1) is 12.8 Å². The lowest BCUT2D eigenvalue weighted by Gasteiger charge is -2.30. The molecule has 6 rings (SSSR count). The Hall–Kier alpha value is -4.18. The van der Waals surface area contributed by atoms with Gasteiger partial charge in [0, 0.05) is 37.5 Å². The van der Waals surface area contributed by atoms with Crippen molar-refractivity contribution in [3.8, 4) is 22.8 Å². The molecule has 188 valence electrons. The lowest BCUT2D eigenvalue weighted by Crippen LogP contribution is -2.42. The number of fused-ring (bicyclic) bond motifs is 2. The number of urea groups is 1. The first-order valence-electron chi connectivity index (χ1n) is 12.1. The number of amides is 2. The van der Waals surface area contributed by atoms with Gasteiger partial charge >= 0.3 is 6.03 Å². The normalized spacial score (nSPS) is 14.5. The lowest BCUT2D eigenvalue weighted by molar-refractivity contribution is 0.172. The standard InChI is InChI=1S/C26H25ClN8O2/c1-15-31-19-3-2-18(10-21(19)32-15)37-23-5-4-20-25(24(23)27)33-22(12-29-20)17-11-30-35(14-17)13-16-6-8-34(9-7-16)26(28)36/h2-5,10-12,14,16H,6-9,13H2,1H3,(H2,28,36)(H,31,32). The maximum absolute atomic E-state index is 11.4. The molecular formula is C26H25ClN8O2. The molecule has 11 heteroatoms. The quantitative estimate of drug-likeness (QED) is 0.341. The van der Waals surface area contributed by atoms with Crippen molar-refractivity contribution in [3.05, 3.63) is 59.8 Å². The maximum atomic E-state index is 11.4. The van der Waals surface area contributed by atoms with E-state index in [1.165, 1.54) is 0 Å². The molecule has 5 aromatic rings. The van der Waals surface area contributed by atoms with E-state index >= 15 is 0 Å². The molecule has 1 aliphatic heterocycles. The van der Waals surface area contributed by atoms with Crippen LogP contribution < -0.4 is 10.5 Å². The van der Waals surface area contributed by atoms with E-state index in [0.717, 1.165) is 41.8 Å². The molecule has 3 aromatic heterocycles. The number of aryl methyl sites for hydroxylation is 1. The molecule has 10 nitrogen and oxygen atoms in total. The van der Waals surface area contributed by atoms with Gasteiger partial charge < -0.3 is 20.4 Å². The number of hydrogen-bond acceptors (Lipinski definition) is 6. The molecule has 0 unspecified atom stereocenters. The summed E-state index contributed by atoms with van der Waals surface area (Å²) in [5.41, 5.74) is 9.92. The molecule has 0 atom stereocenters. The van der Waals surface area contributed by atoms with Crippen LogP contribution >= 0.6 is 11.6 Å². The summed E-state index contributed by atoms with van der Waals surface area (Å²) in [4.78, 5) is 30.0. The third-order valence-corrected chi connectivity index (χ3v) is 7.08. The van der Waals surface area contributed by atoms with Crippen LogP contribution in [0.2, 0.25) is 5.02 Å². The zero-order valence-electron chi connectivity index (χ0n) is 20.2. The summed E-state index contributed by atoms with van der Waals surface area (Å²) in [6.45, 7) is 4.05. The Bertz CT molecular complexity index is 1620. The van der Waals surface area contributed by atoms with Crippen molar-refractivity contribution < 1.29 is 9.53 Å². The smallest absolute Gasteiger partial charge is 0.314 e. The van der Waals surface area contributed by atoms with Crippen molar-refractivity contribution in [1.29, 1.82) is 0 Å². The Kier molecular flexibility index (Phi) is 5.88. The largest absolute Gasteiger partial charge is 0.456 e. The number of imidazole rings is 1. The molecule has 1 saturated heterocycles. The number of benzene rings is 2. The lowest BCUT2D eigenvalue weighted by atomic mass is 9.97. The van der Waals surface area contributed by atoms with Crippen molar-refractivity contribution >= 4 is 39.7 Å². The first-order chi connectivity index (χ1) is 17.9. The van der Waals surface area contributed by atoms with Gasteiger partial charge in [-0.25, -0.2) is 14.8 Å². The first kappa shape index (κ1) is 23.2. The molecule has 3 N–H and O–H groups in total. The molecule has 0 spiro atoms. The molecular weight excluding hydrogens is 492 g/mol.